The number of oxazole rings is 1. The standard InChI is InChI=1S/C25H26ClN3O3/c26-20-4-2-1-3-19(20)15-27-23(30)13-16-9-11-29(12-10-16)25(31)18-7-8-22-21(14-18)28-24(32-22)17-5-6-17/h1-4,7-8,14,16-17H,5-6,9-13,15H2,(H,27,30). The Balaban J connectivity index is 1.12. The lowest BCUT2D eigenvalue weighted by molar-refractivity contribution is -0.122. The fraction of sp³-hybridized carbons (Fsp3) is 0.400. The monoisotopic (exact) mass is 451 g/mol. The Kier molecular flexibility index (Phi) is 5.87. The molecule has 5 rings (SSSR count). The Labute approximate surface area is 191 Å². The first-order valence-corrected chi connectivity index (χ1v) is 11.6. The molecule has 2 amide bonds. The van der Waals surface area contributed by atoms with Crippen molar-refractivity contribution in [3.05, 3.63) is 64.5 Å². The van der Waals surface area contributed by atoms with Crippen LogP contribution in [0.1, 0.15) is 59.8 Å². The van der Waals surface area contributed by atoms with E-state index in [1.807, 2.05) is 47.4 Å². The van der Waals surface area contributed by atoms with Crippen molar-refractivity contribution in [3.63, 3.8) is 0 Å². The van der Waals surface area contributed by atoms with Gasteiger partial charge >= 0.3 is 0 Å². The third-order valence-electron chi connectivity index (χ3n) is 6.39. The molecule has 1 aromatic heterocycles. The quantitative estimate of drug-likeness (QED) is 0.577. The number of likely N-dealkylation sites (tertiary alicyclic amines) is 1. The number of benzene rings is 2. The molecule has 1 N–H and O–H groups in total. The van der Waals surface area contributed by atoms with Gasteiger partial charge in [0.1, 0.15) is 5.52 Å². The molecule has 1 aliphatic heterocycles. The molecular weight excluding hydrogens is 426 g/mol. The van der Waals surface area contributed by atoms with Gasteiger partial charge in [0.2, 0.25) is 5.91 Å². The summed E-state index contributed by atoms with van der Waals surface area (Å²) in [5.74, 6) is 1.56. The Bertz CT molecular complexity index is 1150. The lowest BCUT2D eigenvalue weighted by Gasteiger charge is -2.31. The molecule has 1 saturated heterocycles. The SMILES string of the molecule is O=C(CC1CCN(C(=O)c2ccc3oc(C4CC4)nc3c2)CC1)NCc1ccccc1Cl. The maximum Gasteiger partial charge on any atom is 0.253 e. The molecule has 1 saturated carbocycles. The number of nitrogens with one attached hydrogen (secondary N) is 1. The van der Waals surface area contributed by atoms with Crippen LogP contribution < -0.4 is 5.32 Å². The third kappa shape index (κ3) is 4.65. The van der Waals surface area contributed by atoms with Crippen LogP contribution in [-0.4, -0.2) is 34.8 Å². The highest BCUT2D eigenvalue weighted by Crippen LogP contribution is 2.40. The van der Waals surface area contributed by atoms with Crippen molar-refractivity contribution >= 4 is 34.5 Å². The Morgan fingerprint density at radius 2 is 1.88 bits per heavy atom. The molecule has 0 unspecified atom stereocenters. The molecule has 0 spiro atoms. The van der Waals surface area contributed by atoms with Gasteiger partial charge in [-0.3, -0.25) is 9.59 Å². The number of halogens is 1. The largest absolute Gasteiger partial charge is 0.440 e. The van der Waals surface area contributed by atoms with Gasteiger partial charge in [-0.15, -0.1) is 0 Å². The van der Waals surface area contributed by atoms with Crippen LogP contribution in [0.15, 0.2) is 46.9 Å². The van der Waals surface area contributed by atoms with Gasteiger partial charge in [-0.2, -0.15) is 0 Å². The molecule has 166 valence electrons. The van der Waals surface area contributed by atoms with E-state index in [0.29, 0.717) is 42.6 Å². The summed E-state index contributed by atoms with van der Waals surface area (Å²) in [6.07, 6.45) is 4.38. The number of carbonyl (C=O) groups excluding carboxylic acids is 2. The second-order valence-electron chi connectivity index (χ2n) is 8.82. The summed E-state index contributed by atoms with van der Waals surface area (Å²) in [6.45, 7) is 1.75. The summed E-state index contributed by atoms with van der Waals surface area (Å²) in [5.41, 5.74) is 3.05. The number of nitrogens with zero attached hydrogens (tertiary/aromatic N) is 2. The number of amides is 2. The Hall–Kier alpha value is -2.86. The zero-order valence-electron chi connectivity index (χ0n) is 17.9. The highest BCUT2D eigenvalue weighted by Gasteiger charge is 2.29. The van der Waals surface area contributed by atoms with E-state index in [2.05, 4.69) is 10.3 Å². The number of piperidine rings is 1. The van der Waals surface area contributed by atoms with E-state index < -0.39 is 0 Å². The van der Waals surface area contributed by atoms with Gasteiger partial charge in [-0.25, -0.2) is 4.98 Å². The van der Waals surface area contributed by atoms with Crippen LogP contribution in [-0.2, 0) is 11.3 Å². The minimum absolute atomic E-state index is 0.0180. The van der Waals surface area contributed by atoms with Crippen LogP contribution >= 0.6 is 11.6 Å². The summed E-state index contributed by atoms with van der Waals surface area (Å²) in [6, 6.07) is 13.0. The average Bonchev–Trinajstić information content (AvgIpc) is 3.57. The zero-order valence-corrected chi connectivity index (χ0v) is 18.6. The first-order valence-electron chi connectivity index (χ1n) is 11.3. The minimum atomic E-state index is 0.0180. The fourth-order valence-corrected chi connectivity index (χ4v) is 4.48. The number of fused-ring (bicyclic) bond motifs is 1. The van der Waals surface area contributed by atoms with Gasteiger partial charge < -0.3 is 14.6 Å². The molecule has 2 heterocycles. The summed E-state index contributed by atoms with van der Waals surface area (Å²) in [4.78, 5) is 31.8. The van der Waals surface area contributed by atoms with Gasteiger partial charge in [-0.05, 0) is 61.4 Å². The third-order valence-corrected chi connectivity index (χ3v) is 6.76. The first kappa shape index (κ1) is 21.0. The highest BCUT2D eigenvalue weighted by molar-refractivity contribution is 6.31. The maximum absolute atomic E-state index is 13.0. The van der Waals surface area contributed by atoms with Crippen LogP contribution in [0.4, 0.5) is 0 Å². The second-order valence-corrected chi connectivity index (χ2v) is 9.22. The molecule has 7 heteroatoms. The molecule has 0 bridgehead atoms. The zero-order chi connectivity index (χ0) is 22.1. The smallest absolute Gasteiger partial charge is 0.253 e. The molecule has 3 aromatic rings. The number of hydrogen-bond acceptors (Lipinski definition) is 4. The average molecular weight is 452 g/mol. The van der Waals surface area contributed by atoms with Crippen molar-refractivity contribution < 1.29 is 14.0 Å². The molecule has 0 atom stereocenters. The van der Waals surface area contributed by atoms with Gasteiger partial charge in [0, 0.05) is 42.6 Å². The second kappa shape index (κ2) is 8.94. The number of aromatic nitrogens is 1. The van der Waals surface area contributed by atoms with E-state index in [9.17, 15) is 9.59 Å². The number of carbonyl (C=O) groups is 2. The van der Waals surface area contributed by atoms with Crippen molar-refractivity contribution in [1.29, 1.82) is 0 Å². The van der Waals surface area contributed by atoms with Crippen LogP contribution in [0.3, 0.4) is 0 Å². The molecule has 2 aromatic carbocycles. The lowest BCUT2D eigenvalue weighted by Crippen LogP contribution is -2.39. The van der Waals surface area contributed by atoms with E-state index in [1.54, 1.807) is 0 Å². The van der Waals surface area contributed by atoms with Crippen LogP contribution in [0.2, 0.25) is 5.02 Å². The van der Waals surface area contributed by atoms with Crippen LogP contribution in [0, 0.1) is 5.92 Å². The van der Waals surface area contributed by atoms with E-state index >= 15 is 0 Å². The van der Waals surface area contributed by atoms with Gasteiger partial charge in [-0.1, -0.05) is 29.8 Å². The van der Waals surface area contributed by atoms with Crippen LogP contribution in [0.25, 0.3) is 11.1 Å². The normalized spacial score (nSPS) is 17.0. The van der Waals surface area contributed by atoms with Crippen molar-refractivity contribution in [3.8, 4) is 0 Å². The molecule has 6 nitrogen and oxygen atoms in total. The van der Waals surface area contributed by atoms with Crippen molar-refractivity contribution in [2.75, 3.05) is 13.1 Å². The molecule has 0 radical (unpaired) electrons. The predicted octanol–water partition coefficient (Wildman–Crippen LogP) is 4.92. The van der Waals surface area contributed by atoms with E-state index in [1.165, 1.54) is 0 Å². The maximum atomic E-state index is 13.0. The van der Waals surface area contributed by atoms with Gasteiger partial charge in [0.05, 0.1) is 0 Å². The lowest BCUT2D eigenvalue weighted by atomic mass is 9.92. The van der Waals surface area contributed by atoms with Gasteiger partial charge in [0.25, 0.3) is 5.91 Å². The highest BCUT2D eigenvalue weighted by atomic mass is 35.5. The first-order chi connectivity index (χ1) is 15.6. The predicted molar refractivity (Wildman–Crippen MR) is 123 cm³/mol. The van der Waals surface area contributed by atoms with Crippen LogP contribution in [0.5, 0.6) is 0 Å². The fourth-order valence-electron chi connectivity index (χ4n) is 4.28. The molecule has 2 aliphatic rings. The Morgan fingerprint density at radius 1 is 1.09 bits per heavy atom. The van der Waals surface area contributed by atoms with Gasteiger partial charge in [0.15, 0.2) is 11.5 Å². The minimum Gasteiger partial charge on any atom is -0.440 e. The van der Waals surface area contributed by atoms with Crippen molar-refractivity contribution in [1.82, 2.24) is 15.2 Å². The van der Waals surface area contributed by atoms with E-state index in [0.717, 1.165) is 48.2 Å². The van der Waals surface area contributed by atoms with E-state index in [4.69, 9.17) is 16.0 Å². The Morgan fingerprint density at radius 3 is 2.62 bits per heavy atom. The molecular formula is C25H26ClN3O3. The van der Waals surface area contributed by atoms with E-state index in [-0.39, 0.29) is 17.7 Å². The number of rotatable bonds is 6. The molecule has 2 fully saturated rings. The summed E-state index contributed by atoms with van der Waals surface area (Å²) in [7, 11) is 0. The van der Waals surface area contributed by atoms with Crippen molar-refractivity contribution in [2.45, 2.75) is 44.6 Å². The summed E-state index contributed by atoms with van der Waals surface area (Å²) >= 11 is 6.15. The summed E-state index contributed by atoms with van der Waals surface area (Å²) in [5, 5.41) is 3.62. The molecule has 32 heavy (non-hydrogen) atoms. The topological polar surface area (TPSA) is 75.4 Å². The summed E-state index contributed by atoms with van der Waals surface area (Å²) < 4.78 is 5.80. The number of hydrogen-bond donors (Lipinski definition) is 1. The molecule has 1 aliphatic carbocycles. The van der Waals surface area contributed by atoms with Crippen molar-refractivity contribution in [2.24, 2.45) is 5.92 Å².